The first-order valence-corrected chi connectivity index (χ1v) is 9.61. The molecule has 30 heavy (non-hydrogen) atoms. The van der Waals surface area contributed by atoms with Crippen molar-refractivity contribution >= 4 is 34.0 Å². The van der Waals surface area contributed by atoms with Crippen molar-refractivity contribution in [3.05, 3.63) is 86.0 Å². The SMILES string of the molecule is O=c1c(Cl)c(NCCCc2nc3ccccc3[nH]2)cnn1-c1ccc([N+](=O)[O-])cc1. The van der Waals surface area contributed by atoms with E-state index in [0.717, 1.165) is 34.4 Å². The van der Waals surface area contributed by atoms with Crippen LogP contribution in [0, 0.1) is 10.1 Å². The van der Waals surface area contributed by atoms with E-state index in [1.165, 1.54) is 30.5 Å². The van der Waals surface area contributed by atoms with E-state index in [-0.39, 0.29) is 10.7 Å². The second-order valence-electron chi connectivity index (χ2n) is 6.59. The number of para-hydroxylation sites is 2. The summed E-state index contributed by atoms with van der Waals surface area (Å²) in [7, 11) is 0. The van der Waals surface area contributed by atoms with Crippen LogP contribution >= 0.6 is 11.6 Å². The molecule has 0 aliphatic carbocycles. The molecule has 2 aromatic carbocycles. The summed E-state index contributed by atoms with van der Waals surface area (Å²) < 4.78 is 1.10. The number of halogens is 1. The third-order valence-corrected chi connectivity index (χ3v) is 4.93. The number of nitro groups is 1. The van der Waals surface area contributed by atoms with Gasteiger partial charge in [0.25, 0.3) is 11.2 Å². The van der Waals surface area contributed by atoms with Gasteiger partial charge in [0.2, 0.25) is 0 Å². The summed E-state index contributed by atoms with van der Waals surface area (Å²) in [6.07, 6.45) is 2.99. The number of nitrogens with zero attached hydrogens (tertiary/aromatic N) is 4. The van der Waals surface area contributed by atoms with Crippen LogP contribution in [0.5, 0.6) is 0 Å². The Labute approximate surface area is 175 Å². The Bertz CT molecular complexity index is 1230. The standard InChI is InChI=1S/C20H17ClN6O3/c21-19-17(22-11-3-6-18-24-15-4-1-2-5-16(15)25-18)12-23-26(20(19)28)13-7-9-14(10-8-13)27(29)30/h1-2,4-5,7-10,12,22H,3,6,11H2,(H,24,25). The third kappa shape index (κ3) is 4.01. The van der Waals surface area contributed by atoms with Crippen LogP contribution < -0.4 is 10.9 Å². The van der Waals surface area contributed by atoms with Crippen LogP contribution in [-0.4, -0.2) is 31.2 Å². The minimum Gasteiger partial charge on any atom is -0.382 e. The highest BCUT2D eigenvalue weighted by Gasteiger charge is 2.12. The van der Waals surface area contributed by atoms with Gasteiger partial charge in [-0.3, -0.25) is 14.9 Å². The number of imidazole rings is 1. The number of fused-ring (bicyclic) bond motifs is 1. The first kappa shape index (κ1) is 19.6. The second kappa shape index (κ2) is 8.34. The Morgan fingerprint density at radius 1 is 1.17 bits per heavy atom. The van der Waals surface area contributed by atoms with Gasteiger partial charge in [-0.15, -0.1) is 0 Å². The molecule has 0 fully saturated rings. The number of hydrogen-bond donors (Lipinski definition) is 2. The Morgan fingerprint density at radius 2 is 1.93 bits per heavy atom. The number of aryl methyl sites for hydroxylation is 1. The van der Waals surface area contributed by atoms with Crippen LogP contribution in [0.2, 0.25) is 5.02 Å². The molecule has 0 atom stereocenters. The number of aromatic nitrogens is 4. The number of aromatic amines is 1. The molecule has 4 aromatic rings. The summed E-state index contributed by atoms with van der Waals surface area (Å²) >= 11 is 6.22. The molecular weight excluding hydrogens is 408 g/mol. The fourth-order valence-electron chi connectivity index (χ4n) is 3.06. The first-order valence-electron chi connectivity index (χ1n) is 9.23. The summed E-state index contributed by atoms with van der Waals surface area (Å²) in [5, 5.41) is 18.0. The Morgan fingerprint density at radius 3 is 2.67 bits per heavy atom. The number of anilines is 1. The second-order valence-corrected chi connectivity index (χ2v) is 6.97. The average Bonchev–Trinajstić information content (AvgIpc) is 3.17. The van der Waals surface area contributed by atoms with Crippen molar-refractivity contribution in [2.24, 2.45) is 0 Å². The Hall–Kier alpha value is -3.72. The molecule has 2 heterocycles. The van der Waals surface area contributed by atoms with E-state index in [4.69, 9.17) is 11.6 Å². The summed E-state index contributed by atoms with van der Waals surface area (Å²) in [6, 6.07) is 13.4. The monoisotopic (exact) mass is 424 g/mol. The van der Waals surface area contributed by atoms with Crippen molar-refractivity contribution in [2.45, 2.75) is 12.8 Å². The molecule has 2 N–H and O–H groups in total. The topological polar surface area (TPSA) is 119 Å². The fourth-order valence-corrected chi connectivity index (χ4v) is 3.25. The van der Waals surface area contributed by atoms with Gasteiger partial charge in [-0.2, -0.15) is 9.78 Å². The number of nitrogens with one attached hydrogen (secondary N) is 2. The lowest BCUT2D eigenvalue weighted by atomic mass is 10.3. The molecule has 4 rings (SSSR count). The van der Waals surface area contributed by atoms with Gasteiger partial charge in [0.05, 0.1) is 33.5 Å². The van der Waals surface area contributed by atoms with Crippen molar-refractivity contribution in [3.63, 3.8) is 0 Å². The molecule has 0 saturated carbocycles. The molecule has 9 nitrogen and oxygen atoms in total. The molecule has 10 heteroatoms. The molecule has 152 valence electrons. The van der Waals surface area contributed by atoms with Gasteiger partial charge in [-0.05, 0) is 30.7 Å². The molecule has 0 amide bonds. The molecule has 0 radical (unpaired) electrons. The molecule has 0 bridgehead atoms. The predicted octanol–water partition coefficient (Wildman–Crippen LogP) is 3.72. The number of hydrogen-bond acceptors (Lipinski definition) is 6. The largest absolute Gasteiger partial charge is 0.382 e. The fraction of sp³-hybridized carbons (Fsp3) is 0.150. The van der Waals surface area contributed by atoms with Gasteiger partial charge in [0, 0.05) is 25.1 Å². The van der Waals surface area contributed by atoms with Crippen LogP contribution in [-0.2, 0) is 6.42 Å². The van der Waals surface area contributed by atoms with E-state index in [0.29, 0.717) is 17.9 Å². The van der Waals surface area contributed by atoms with Gasteiger partial charge in [0.1, 0.15) is 10.8 Å². The first-order chi connectivity index (χ1) is 14.5. The maximum atomic E-state index is 12.5. The maximum Gasteiger partial charge on any atom is 0.292 e. The van der Waals surface area contributed by atoms with Crippen LogP contribution in [0.1, 0.15) is 12.2 Å². The van der Waals surface area contributed by atoms with E-state index >= 15 is 0 Å². The summed E-state index contributed by atoms with van der Waals surface area (Å²) in [5.41, 5.74) is 2.19. The zero-order valence-corrected chi connectivity index (χ0v) is 16.5. The highest BCUT2D eigenvalue weighted by atomic mass is 35.5. The molecular formula is C20H17ClN6O3. The number of nitro benzene ring substituents is 1. The van der Waals surface area contributed by atoms with E-state index in [9.17, 15) is 14.9 Å². The van der Waals surface area contributed by atoms with Crippen molar-refractivity contribution in [1.82, 2.24) is 19.7 Å². The molecule has 0 aliphatic heterocycles. The highest BCUT2D eigenvalue weighted by Crippen LogP contribution is 2.18. The van der Waals surface area contributed by atoms with Crippen molar-refractivity contribution in [1.29, 1.82) is 0 Å². The summed E-state index contributed by atoms with van der Waals surface area (Å²) in [6.45, 7) is 0.583. The molecule has 0 aliphatic rings. The zero-order valence-electron chi connectivity index (χ0n) is 15.7. The van der Waals surface area contributed by atoms with Crippen molar-refractivity contribution < 1.29 is 4.92 Å². The lowest BCUT2D eigenvalue weighted by Gasteiger charge is -2.10. The van der Waals surface area contributed by atoms with Gasteiger partial charge >= 0.3 is 0 Å². The van der Waals surface area contributed by atoms with Gasteiger partial charge in [-0.25, -0.2) is 4.98 Å². The van der Waals surface area contributed by atoms with Gasteiger partial charge in [-0.1, -0.05) is 23.7 Å². The Kier molecular flexibility index (Phi) is 5.44. The molecule has 0 saturated heterocycles. The normalized spacial score (nSPS) is 11.0. The molecule has 2 aromatic heterocycles. The molecule has 0 spiro atoms. The third-order valence-electron chi connectivity index (χ3n) is 4.57. The lowest BCUT2D eigenvalue weighted by Crippen LogP contribution is -2.23. The number of rotatable bonds is 7. The van der Waals surface area contributed by atoms with Crippen LogP contribution in [0.25, 0.3) is 16.7 Å². The maximum absolute atomic E-state index is 12.5. The number of benzene rings is 2. The van der Waals surface area contributed by atoms with Gasteiger partial charge < -0.3 is 10.3 Å². The van der Waals surface area contributed by atoms with E-state index in [2.05, 4.69) is 20.4 Å². The highest BCUT2D eigenvalue weighted by molar-refractivity contribution is 6.32. The quantitative estimate of drug-likeness (QED) is 0.265. The van der Waals surface area contributed by atoms with E-state index in [1.807, 2.05) is 24.3 Å². The van der Waals surface area contributed by atoms with Crippen LogP contribution in [0.3, 0.4) is 0 Å². The summed E-state index contributed by atoms with van der Waals surface area (Å²) in [4.78, 5) is 30.6. The van der Waals surface area contributed by atoms with Crippen LogP contribution in [0.4, 0.5) is 11.4 Å². The smallest absolute Gasteiger partial charge is 0.292 e. The van der Waals surface area contributed by atoms with Gasteiger partial charge in [0.15, 0.2) is 0 Å². The zero-order chi connectivity index (χ0) is 21.1. The lowest BCUT2D eigenvalue weighted by molar-refractivity contribution is -0.384. The Balaban J connectivity index is 1.40. The van der Waals surface area contributed by atoms with E-state index in [1.54, 1.807) is 0 Å². The van der Waals surface area contributed by atoms with Crippen molar-refractivity contribution in [2.75, 3.05) is 11.9 Å². The predicted molar refractivity (Wildman–Crippen MR) is 114 cm³/mol. The molecule has 0 unspecified atom stereocenters. The minimum absolute atomic E-state index is 0.00656. The average molecular weight is 425 g/mol. The van der Waals surface area contributed by atoms with E-state index < -0.39 is 10.5 Å². The van der Waals surface area contributed by atoms with Crippen LogP contribution in [0.15, 0.2) is 59.5 Å². The minimum atomic E-state index is -0.509. The number of non-ortho nitro benzene ring substituents is 1. The van der Waals surface area contributed by atoms with Crippen molar-refractivity contribution in [3.8, 4) is 5.69 Å². The summed E-state index contributed by atoms with van der Waals surface area (Å²) in [5.74, 6) is 0.899. The number of H-pyrrole nitrogens is 1.